The van der Waals surface area contributed by atoms with E-state index in [4.69, 9.17) is 24.7 Å². The largest absolute Gasteiger partial charge is 0.493 e. The van der Waals surface area contributed by atoms with Gasteiger partial charge in [0.15, 0.2) is 26.0 Å². The fourth-order valence-electron chi connectivity index (χ4n) is 6.69. The first-order chi connectivity index (χ1) is 25.9. The van der Waals surface area contributed by atoms with E-state index in [1.165, 1.54) is 33.4 Å². The van der Waals surface area contributed by atoms with Gasteiger partial charge in [-0.05, 0) is 70.6 Å². The molecule has 1 unspecified atom stereocenters. The highest BCUT2D eigenvalue weighted by Crippen LogP contribution is 2.45. The summed E-state index contributed by atoms with van der Waals surface area (Å²) < 4.78 is 40.4. The number of fused-ring (bicyclic) bond motifs is 2. The predicted octanol–water partition coefficient (Wildman–Crippen LogP) is 5.85. The van der Waals surface area contributed by atoms with Crippen LogP contribution in [0.1, 0.15) is 90.2 Å². The minimum Gasteiger partial charge on any atom is -0.493 e. The van der Waals surface area contributed by atoms with Gasteiger partial charge in [-0.15, -0.1) is 0 Å². The number of methoxy groups -OCH3 is 1. The van der Waals surface area contributed by atoms with Gasteiger partial charge in [0.2, 0.25) is 0 Å². The van der Waals surface area contributed by atoms with Crippen LogP contribution in [0.5, 0.6) is 11.5 Å². The fourth-order valence-corrected chi connectivity index (χ4v) is 7.91. The number of unbranched alkanes of at least 4 members (excludes halogenated alkanes) is 2. The highest BCUT2D eigenvalue weighted by atomic mass is 28.4. The van der Waals surface area contributed by atoms with E-state index < -0.39 is 56.4 Å². The number of carbonyl (C=O) groups is 2. The minimum atomic E-state index is -2.53. The molecular formula is C39H56N4O10Si. The van der Waals surface area contributed by atoms with Gasteiger partial charge in [0, 0.05) is 38.4 Å². The molecule has 2 amide bonds. The zero-order valence-electron chi connectivity index (χ0n) is 33.8. The Morgan fingerprint density at radius 1 is 1.15 bits per heavy atom. The molecule has 3 aliphatic rings. The lowest BCUT2D eigenvalue weighted by Gasteiger charge is -2.44. The summed E-state index contributed by atoms with van der Waals surface area (Å²) in [5, 5.41) is 10.0. The Labute approximate surface area is 319 Å². The molecule has 1 N–H and O–H groups in total. The predicted molar refractivity (Wildman–Crippen MR) is 207 cm³/mol. The smallest absolute Gasteiger partial charge is 0.416 e. The maximum Gasteiger partial charge on any atom is 0.416 e. The highest BCUT2D eigenvalue weighted by molar-refractivity contribution is 6.74. The van der Waals surface area contributed by atoms with Crippen LogP contribution in [-0.2, 0) is 20.4 Å². The molecule has 0 radical (unpaired) electrons. The van der Waals surface area contributed by atoms with Crippen molar-refractivity contribution in [3.8, 4) is 11.5 Å². The number of hydrogen-bond donors (Lipinski definition) is 1. The second-order valence-corrected chi connectivity index (χ2v) is 20.5. The molecule has 3 aliphatic heterocycles. The van der Waals surface area contributed by atoms with Crippen molar-refractivity contribution < 1.29 is 39.4 Å². The van der Waals surface area contributed by atoms with Crippen LogP contribution in [0, 0.1) is 6.92 Å². The zero-order valence-corrected chi connectivity index (χ0v) is 33.8. The Morgan fingerprint density at radius 3 is 2.54 bits per heavy atom. The van der Waals surface area contributed by atoms with Crippen molar-refractivity contribution in [3.05, 3.63) is 74.7 Å². The van der Waals surface area contributed by atoms with E-state index in [0.717, 1.165) is 5.57 Å². The molecule has 5 rings (SSSR count). The third-order valence-corrected chi connectivity index (χ3v) is 15.2. The second kappa shape index (κ2) is 16.3. The SMILES string of the molecule is [2H]C[C@H]1O[C@@H](n2cc(C)c(=O)n(CCCCCOc3cc4c(cc3OC)C(=O)N3C=C(C)C[C@H]3[C@H](O[Si](C)(C)C(C)(C)C)N4C(=O)OCC=C)c2=O)CC1O. The van der Waals surface area contributed by atoms with Crippen LogP contribution in [0.2, 0.25) is 18.1 Å². The van der Waals surface area contributed by atoms with Gasteiger partial charge in [-0.1, -0.05) is 39.0 Å². The maximum atomic E-state index is 14.3. The number of ether oxygens (including phenoxy) is 4. The first kappa shape index (κ1) is 39.5. The van der Waals surface area contributed by atoms with E-state index in [0.29, 0.717) is 42.7 Å². The fraction of sp³-hybridized carbons (Fsp3) is 0.590. The van der Waals surface area contributed by atoms with Crippen LogP contribution < -0.4 is 25.6 Å². The molecule has 0 aliphatic carbocycles. The van der Waals surface area contributed by atoms with Crippen molar-refractivity contribution >= 4 is 26.0 Å². The van der Waals surface area contributed by atoms with Gasteiger partial charge < -0.3 is 33.4 Å². The van der Waals surface area contributed by atoms with Gasteiger partial charge in [-0.25, -0.2) is 14.5 Å². The average molecular weight is 770 g/mol. The first-order valence-electron chi connectivity index (χ1n) is 19.2. The molecule has 15 heteroatoms. The van der Waals surface area contributed by atoms with Gasteiger partial charge in [0.1, 0.15) is 12.8 Å². The van der Waals surface area contributed by atoms with E-state index in [1.807, 2.05) is 13.1 Å². The normalized spacial score (nSPS) is 23.0. The number of aliphatic hydroxyl groups excluding tert-OH is 1. The number of rotatable bonds is 13. The van der Waals surface area contributed by atoms with Crippen molar-refractivity contribution in [3.63, 3.8) is 0 Å². The molecule has 2 aromatic rings. The number of aromatic nitrogens is 2. The number of benzene rings is 1. The van der Waals surface area contributed by atoms with Gasteiger partial charge in [-0.3, -0.25) is 18.7 Å². The molecule has 0 saturated carbocycles. The van der Waals surface area contributed by atoms with Crippen LogP contribution in [0.4, 0.5) is 10.5 Å². The Hall–Kier alpha value is -4.18. The van der Waals surface area contributed by atoms with Gasteiger partial charge in [0.05, 0.1) is 43.2 Å². The van der Waals surface area contributed by atoms with Gasteiger partial charge >= 0.3 is 11.8 Å². The molecule has 0 spiro atoms. The van der Waals surface area contributed by atoms with Gasteiger partial charge in [-0.2, -0.15) is 0 Å². The number of carbonyl (C=O) groups excluding carboxylic acids is 2. The molecule has 1 aromatic heterocycles. The molecule has 54 heavy (non-hydrogen) atoms. The summed E-state index contributed by atoms with van der Waals surface area (Å²) in [4.78, 5) is 57.7. The summed E-state index contributed by atoms with van der Waals surface area (Å²) >= 11 is 0. The molecule has 4 heterocycles. The lowest BCUT2D eigenvalue weighted by Crippen LogP contribution is -2.57. The third kappa shape index (κ3) is 8.23. The summed E-state index contributed by atoms with van der Waals surface area (Å²) in [6, 6.07) is 2.72. The average Bonchev–Trinajstić information content (AvgIpc) is 3.69. The van der Waals surface area contributed by atoms with Crippen molar-refractivity contribution in [1.82, 2.24) is 14.0 Å². The monoisotopic (exact) mass is 769 g/mol. The van der Waals surface area contributed by atoms with E-state index in [9.17, 15) is 24.3 Å². The number of aryl methyl sites for hydroxylation is 1. The first-order valence-corrected chi connectivity index (χ1v) is 21.4. The molecule has 0 bridgehead atoms. The van der Waals surface area contributed by atoms with Crippen molar-refractivity contribution in [2.24, 2.45) is 0 Å². The number of anilines is 1. The van der Waals surface area contributed by atoms with Crippen molar-refractivity contribution in [1.29, 1.82) is 0 Å². The Kier molecular flexibility index (Phi) is 11.9. The highest BCUT2D eigenvalue weighted by Gasteiger charge is 2.50. The van der Waals surface area contributed by atoms with Crippen LogP contribution in [0.15, 0.2) is 52.3 Å². The molecule has 1 aromatic carbocycles. The number of amides is 2. The van der Waals surface area contributed by atoms with Gasteiger partial charge in [0.25, 0.3) is 11.5 Å². The lowest BCUT2D eigenvalue weighted by atomic mass is 10.1. The molecular weight excluding hydrogens is 713 g/mol. The second-order valence-electron chi connectivity index (χ2n) is 15.8. The topological polar surface area (TPSA) is 151 Å². The summed E-state index contributed by atoms with van der Waals surface area (Å²) in [5.74, 6) is 0.324. The van der Waals surface area contributed by atoms with E-state index in [1.54, 1.807) is 24.0 Å². The zero-order chi connectivity index (χ0) is 40.4. The van der Waals surface area contributed by atoms with Crippen LogP contribution in [0.25, 0.3) is 0 Å². The van der Waals surface area contributed by atoms with Crippen molar-refractivity contribution in [2.45, 2.75) is 129 Å². The lowest BCUT2D eigenvalue weighted by molar-refractivity contribution is -0.0108. The number of nitrogens with zero attached hydrogens (tertiary/aromatic N) is 4. The molecule has 14 nitrogen and oxygen atoms in total. The molecule has 296 valence electrons. The molecule has 5 atom stereocenters. The Bertz CT molecular complexity index is 1920. The summed E-state index contributed by atoms with van der Waals surface area (Å²) in [5.41, 5.74) is 0.944. The van der Waals surface area contributed by atoms with E-state index in [2.05, 4.69) is 40.4 Å². The Morgan fingerprint density at radius 2 is 1.89 bits per heavy atom. The quantitative estimate of drug-likeness (QED) is 0.149. The van der Waals surface area contributed by atoms with Crippen LogP contribution >= 0.6 is 0 Å². The third-order valence-electron chi connectivity index (χ3n) is 10.7. The van der Waals surface area contributed by atoms with E-state index in [-0.39, 0.29) is 55.3 Å². The van der Waals surface area contributed by atoms with Crippen LogP contribution in [0.3, 0.4) is 0 Å². The summed E-state index contributed by atoms with van der Waals surface area (Å²) in [7, 11) is -1.05. The summed E-state index contributed by atoms with van der Waals surface area (Å²) in [6.07, 6.45) is 3.22. The maximum absolute atomic E-state index is 14.3. The Balaban J connectivity index is 1.37. The van der Waals surface area contributed by atoms with Crippen molar-refractivity contribution in [2.75, 3.05) is 25.2 Å². The number of aliphatic hydroxyl groups is 1. The minimum absolute atomic E-state index is 0.0386. The molecule has 1 saturated heterocycles. The van der Waals surface area contributed by atoms with E-state index >= 15 is 0 Å². The summed E-state index contributed by atoms with van der Waals surface area (Å²) in [6.45, 7) is 18.1. The van der Waals surface area contributed by atoms with Crippen LogP contribution in [-0.4, -0.2) is 84.3 Å². The number of hydrogen-bond acceptors (Lipinski definition) is 10. The molecule has 1 fully saturated rings. The standard InChI is InChI=1S/C39H56N4O10Si/c1-11-16-51-38(48)43-28-20-32(50-17-14-12-13-15-40-34(45)25(3)23-42(37(40)47)33-21-30(44)26(4)52-33)31(49-8)19-27(28)35(46)41-22-24(2)18-29(41)36(43)53-54(9,10)39(5,6)7/h11,19-20,22-23,26,29-30,33,36,44H,1,12-18,21H2,2-10H3/t26-,29+,30?,33-,36+/m1/s1/i4D.